The molecule has 0 amide bonds. The third-order valence-corrected chi connectivity index (χ3v) is 4.10. The van der Waals surface area contributed by atoms with Crippen LogP contribution < -0.4 is 0 Å². The highest BCUT2D eigenvalue weighted by Crippen LogP contribution is 2.29. The monoisotopic (exact) mass is 319 g/mol. The number of aromatic amines is 2. The molecule has 3 heterocycles. The first-order chi connectivity index (χ1) is 11.4. The fourth-order valence-corrected chi connectivity index (χ4v) is 2.93. The van der Waals surface area contributed by atoms with Crippen molar-refractivity contribution in [1.82, 2.24) is 24.7 Å². The van der Waals surface area contributed by atoms with Crippen LogP contribution in [0.3, 0.4) is 0 Å². The molecule has 0 unspecified atom stereocenters. The van der Waals surface area contributed by atoms with Crippen LogP contribution in [-0.4, -0.2) is 24.7 Å². The molecule has 0 aliphatic heterocycles. The molecule has 5 heteroatoms. The standard InChI is InChI=1S/C19H21N5/c1-12-7-8-13-15(10-12)22-18(21-13)16-11-17(14-6-5-9-20-14)24(23-16)19(2,3)4/h5-11,20H,1-4H3,(H,21,22). The maximum Gasteiger partial charge on any atom is 0.159 e. The molecule has 4 rings (SSSR count). The molecule has 2 N–H and O–H groups in total. The summed E-state index contributed by atoms with van der Waals surface area (Å²) < 4.78 is 2.05. The number of benzene rings is 1. The number of H-pyrrole nitrogens is 2. The van der Waals surface area contributed by atoms with E-state index in [1.807, 2.05) is 16.9 Å². The van der Waals surface area contributed by atoms with Crippen LogP contribution in [0.4, 0.5) is 0 Å². The van der Waals surface area contributed by atoms with Gasteiger partial charge < -0.3 is 9.97 Å². The molecule has 5 nitrogen and oxygen atoms in total. The average molecular weight is 319 g/mol. The SMILES string of the molecule is Cc1ccc2[nH]c(-c3cc(-c4ccc[nH]4)n(C(C)(C)C)n3)nc2c1. The summed E-state index contributed by atoms with van der Waals surface area (Å²) >= 11 is 0. The predicted octanol–water partition coefficient (Wildman–Crippen LogP) is 4.48. The number of aromatic nitrogens is 5. The molecule has 0 saturated carbocycles. The van der Waals surface area contributed by atoms with Gasteiger partial charge in [-0.05, 0) is 63.6 Å². The van der Waals surface area contributed by atoms with Gasteiger partial charge in [0.1, 0.15) is 5.69 Å². The van der Waals surface area contributed by atoms with Gasteiger partial charge in [0.15, 0.2) is 5.82 Å². The van der Waals surface area contributed by atoms with Crippen molar-refractivity contribution in [3.63, 3.8) is 0 Å². The fraction of sp³-hybridized carbons (Fsp3) is 0.263. The van der Waals surface area contributed by atoms with Crippen molar-refractivity contribution in [2.75, 3.05) is 0 Å². The molecule has 3 aromatic heterocycles. The lowest BCUT2D eigenvalue weighted by Crippen LogP contribution is -2.24. The molecule has 0 fully saturated rings. The summed E-state index contributed by atoms with van der Waals surface area (Å²) in [5.41, 5.74) is 6.03. The van der Waals surface area contributed by atoms with Crippen LogP contribution in [0.5, 0.6) is 0 Å². The van der Waals surface area contributed by atoms with Crippen LogP contribution >= 0.6 is 0 Å². The Morgan fingerprint density at radius 3 is 2.62 bits per heavy atom. The molecular weight excluding hydrogens is 298 g/mol. The second-order valence-corrected chi connectivity index (χ2v) is 7.19. The zero-order valence-electron chi connectivity index (χ0n) is 14.4. The van der Waals surface area contributed by atoms with E-state index < -0.39 is 0 Å². The topological polar surface area (TPSA) is 62.3 Å². The molecule has 0 aliphatic rings. The van der Waals surface area contributed by atoms with Gasteiger partial charge >= 0.3 is 0 Å². The van der Waals surface area contributed by atoms with Gasteiger partial charge in [-0.1, -0.05) is 6.07 Å². The maximum atomic E-state index is 4.83. The molecule has 0 radical (unpaired) electrons. The highest BCUT2D eigenvalue weighted by Gasteiger charge is 2.22. The maximum absolute atomic E-state index is 4.83. The lowest BCUT2D eigenvalue weighted by molar-refractivity contribution is 0.360. The fourth-order valence-electron chi connectivity index (χ4n) is 2.93. The molecule has 0 bridgehead atoms. The summed E-state index contributed by atoms with van der Waals surface area (Å²) in [5, 5.41) is 4.83. The van der Waals surface area contributed by atoms with E-state index in [-0.39, 0.29) is 5.54 Å². The minimum Gasteiger partial charge on any atom is -0.360 e. The lowest BCUT2D eigenvalue weighted by Gasteiger charge is -2.22. The molecule has 0 spiro atoms. The van der Waals surface area contributed by atoms with Crippen LogP contribution in [0.25, 0.3) is 33.9 Å². The first-order valence-electron chi connectivity index (χ1n) is 8.13. The largest absolute Gasteiger partial charge is 0.360 e. The number of nitrogens with zero attached hydrogens (tertiary/aromatic N) is 3. The summed E-state index contributed by atoms with van der Waals surface area (Å²) in [7, 11) is 0. The number of imidazole rings is 1. The van der Waals surface area contributed by atoms with Gasteiger partial charge in [0.2, 0.25) is 0 Å². The first kappa shape index (κ1) is 14.8. The van der Waals surface area contributed by atoms with Crippen LogP contribution in [0.15, 0.2) is 42.6 Å². The Hall–Kier alpha value is -2.82. The number of rotatable bonds is 2. The van der Waals surface area contributed by atoms with Gasteiger partial charge in [-0.25, -0.2) is 4.98 Å². The number of hydrogen-bond acceptors (Lipinski definition) is 2. The summed E-state index contributed by atoms with van der Waals surface area (Å²) in [6.07, 6.45) is 1.93. The van der Waals surface area contributed by atoms with Crippen LogP contribution in [-0.2, 0) is 5.54 Å². The van der Waals surface area contributed by atoms with Gasteiger partial charge in [0.25, 0.3) is 0 Å². The Morgan fingerprint density at radius 1 is 1.08 bits per heavy atom. The second kappa shape index (κ2) is 5.09. The lowest BCUT2D eigenvalue weighted by atomic mass is 10.1. The van der Waals surface area contributed by atoms with E-state index in [4.69, 9.17) is 10.1 Å². The van der Waals surface area contributed by atoms with E-state index in [2.05, 4.69) is 68.0 Å². The Bertz CT molecular complexity index is 996. The van der Waals surface area contributed by atoms with Crippen LogP contribution in [0, 0.1) is 6.92 Å². The summed E-state index contributed by atoms with van der Waals surface area (Å²) in [6.45, 7) is 8.53. The first-order valence-corrected chi connectivity index (χ1v) is 8.13. The normalized spacial score (nSPS) is 12.2. The summed E-state index contributed by atoms with van der Waals surface area (Å²) in [6, 6.07) is 12.4. The molecule has 24 heavy (non-hydrogen) atoms. The highest BCUT2D eigenvalue weighted by atomic mass is 15.3. The third kappa shape index (κ3) is 2.42. The van der Waals surface area contributed by atoms with Crippen molar-refractivity contribution in [3.05, 3.63) is 48.2 Å². The van der Waals surface area contributed by atoms with Crippen molar-refractivity contribution < 1.29 is 0 Å². The molecule has 122 valence electrons. The molecule has 0 aliphatic carbocycles. The molecule has 1 aromatic carbocycles. The Kier molecular flexibility index (Phi) is 3.13. The van der Waals surface area contributed by atoms with Crippen molar-refractivity contribution in [3.8, 4) is 22.9 Å². The minimum atomic E-state index is -0.124. The second-order valence-electron chi connectivity index (χ2n) is 7.19. The van der Waals surface area contributed by atoms with Gasteiger partial charge in [0, 0.05) is 6.20 Å². The molecular formula is C19H21N5. The third-order valence-electron chi connectivity index (χ3n) is 4.10. The Labute approximate surface area is 140 Å². The van der Waals surface area contributed by atoms with E-state index in [1.54, 1.807) is 0 Å². The van der Waals surface area contributed by atoms with Crippen molar-refractivity contribution in [2.45, 2.75) is 33.2 Å². The van der Waals surface area contributed by atoms with Crippen LogP contribution in [0.2, 0.25) is 0 Å². The zero-order chi connectivity index (χ0) is 16.9. The molecule has 4 aromatic rings. The molecule has 0 atom stereocenters. The van der Waals surface area contributed by atoms with Gasteiger partial charge in [0.05, 0.1) is 28.0 Å². The highest BCUT2D eigenvalue weighted by molar-refractivity contribution is 5.80. The quantitative estimate of drug-likeness (QED) is 0.572. The zero-order valence-corrected chi connectivity index (χ0v) is 14.4. The number of nitrogens with one attached hydrogen (secondary N) is 2. The van der Waals surface area contributed by atoms with Gasteiger partial charge in [-0.3, -0.25) is 4.68 Å². The van der Waals surface area contributed by atoms with E-state index in [0.717, 1.165) is 33.9 Å². The van der Waals surface area contributed by atoms with Gasteiger partial charge in [-0.15, -0.1) is 0 Å². The van der Waals surface area contributed by atoms with Crippen LogP contribution in [0.1, 0.15) is 26.3 Å². The van der Waals surface area contributed by atoms with E-state index >= 15 is 0 Å². The van der Waals surface area contributed by atoms with Crippen molar-refractivity contribution >= 4 is 11.0 Å². The Balaban J connectivity index is 1.88. The minimum absolute atomic E-state index is 0.124. The predicted molar refractivity (Wildman–Crippen MR) is 96.8 cm³/mol. The number of hydrogen-bond donors (Lipinski definition) is 2. The Morgan fingerprint density at radius 2 is 1.92 bits per heavy atom. The average Bonchev–Trinajstić information content (AvgIpc) is 3.23. The van der Waals surface area contributed by atoms with Crippen molar-refractivity contribution in [1.29, 1.82) is 0 Å². The van der Waals surface area contributed by atoms with Gasteiger partial charge in [-0.2, -0.15) is 5.10 Å². The van der Waals surface area contributed by atoms with E-state index in [0.29, 0.717) is 0 Å². The smallest absolute Gasteiger partial charge is 0.159 e. The number of aryl methyl sites for hydroxylation is 1. The van der Waals surface area contributed by atoms with E-state index in [9.17, 15) is 0 Å². The van der Waals surface area contributed by atoms with Crippen molar-refractivity contribution in [2.24, 2.45) is 0 Å². The molecule has 0 saturated heterocycles. The van der Waals surface area contributed by atoms with E-state index in [1.165, 1.54) is 5.56 Å². The summed E-state index contributed by atoms with van der Waals surface area (Å²) in [4.78, 5) is 11.4. The summed E-state index contributed by atoms with van der Waals surface area (Å²) in [5.74, 6) is 0.798. The number of fused-ring (bicyclic) bond motifs is 1.